The maximum absolute atomic E-state index is 13.8. The summed E-state index contributed by atoms with van der Waals surface area (Å²) in [6.07, 6.45) is 0.830. The van der Waals surface area contributed by atoms with Gasteiger partial charge in [-0.15, -0.1) is 0 Å². The fourth-order valence-electron chi connectivity index (χ4n) is 3.83. The molecule has 2 aliphatic rings. The van der Waals surface area contributed by atoms with E-state index in [4.69, 9.17) is 4.74 Å². The molecule has 2 aliphatic heterocycles. The number of amides is 1. The Morgan fingerprint density at radius 3 is 2.79 bits per heavy atom. The second-order valence-electron chi connectivity index (χ2n) is 7.11. The minimum Gasteiger partial charge on any atom is -0.465 e. The van der Waals surface area contributed by atoms with Gasteiger partial charge in [0.1, 0.15) is 11.9 Å². The van der Waals surface area contributed by atoms with Gasteiger partial charge in [-0.2, -0.15) is 0 Å². The van der Waals surface area contributed by atoms with Gasteiger partial charge in [0.05, 0.1) is 6.61 Å². The Morgan fingerprint density at radius 1 is 1.24 bits per heavy atom. The third-order valence-corrected chi connectivity index (χ3v) is 5.26. The molecule has 0 bridgehead atoms. The van der Waals surface area contributed by atoms with Crippen molar-refractivity contribution < 1.29 is 18.7 Å². The van der Waals surface area contributed by atoms with Crippen LogP contribution < -0.4 is 5.32 Å². The molecule has 2 heterocycles. The molecule has 1 N–H and O–H groups in total. The number of hydrogen-bond donors (Lipinski definition) is 1. The highest BCUT2D eigenvalue weighted by Crippen LogP contribution is 2.32. The van der Waals surface area contributed by atoms with Crippen molar-refractivity contribution in [3.8, 4) is 0 Å². The number of guanidine groups is 1. The first-order chi connectivity index (χ1) is 14.1. The van der Waals surface area contributed by atoms with E-state index in [0.717, 1.165) is 6.42 Å². The van der Waals surface area contributed by atoms with Gasteiger partial charge in [-0.3, -0.25) is 14.9 Å². The zero-order valence-corrected chi connectivity index (χ0v) is 16.1. The first-order valence-electron chi connectivity index (χ1n) is 9.69. The molecule has 150 valence electrons. The molecule has 0 aromatic heterocycles. The molecular weight excluding hydrogens is 373 g/mol. The van der Waals surface area contributed by atoms with E-state index in [1.807, 2.05) is 17.0 Å². The second kappa shape index (κ2) is 8.03. The molecule has 2 atom stereocenters. The number of carbonyl (C=O) groups excluding carboxylic acids is 2. The summed E-state index contributed by atoms with van der Waals surface area (Å²) in [6.45, 7) is 3.12. The lowest BCUT2D eigenvalue weighted by molar-refractivity contribution is -0.153. The van der Waals surface area contributed by atoms with Crippen molar-refractivity contribution in [3.05, 3.63) is 71.0 Å². The summed E-state index contributed by atoms with van der Waals surface area (Å²) >= 11 is 0. The molecule has 2 aromatic rings. The fourth-order valence-corrected chi connectivity index (χ4v) is 3.83. The van der Waals surface area contributed by atoms with E-state index in [2.05, 4.69) is 22.4 Å². The molecule has 29 heavy (non-hydrogen) atoms. The number of nitrogens with zero attached hydrogens (tertiary/aromatic N) is 2. The van der Waals surface area contributed by atoms with Crippen molar-refractivity contribution in [1.29, 1.82) is 0 Å². The highest BCUT2D eigenvalue weighted by Gasteiger charge is 2.42. The van der Waals surface area contributed by atoms with Crippen LogP contribution in [0.5, 0.6) is 0 Å². The summed E-state index contributed by atoms with van der Waals surface area (Å²) in [5, 5.41) is 2.76. The zero-order chi connectivity index (χ0) is 20.4. The summed E-state index contributed by atoms with van der Waals surface area (Å²) in [7, 11) is 0. The van der Waals surface area contributed by atoms with Crippen LogP contribution in [0.25, 0.3) is 0 Å². The van der Waals surface area contributed by atoms with Crippen molar-refractivity contribution in [3.63, 3.8) is 0 Å². The zero-order valence-electron chi connectivity index (χ0n) is 16.1. The largest absolute Gasteiger partial charge is 0.465 e. The van der Waals surface area contributed by atoms with Gasteiger partial charge in [0.2, 0.25) is 11.9 Å². The molecule has 0 saturated carbocycles. The molecule has 2 aromatic carbocycles. The quantitative estimate of drug-likeness (QED) is 0.641. The van der Waals surface area contributed by atoms with E-state index in [0.29, 0.717) is 24.6 Å². The van der Waals surface area contributed by atoms with E-state index < -0.39 is 29.7 Å². The summed E-state index contributed by atoms with van der Waals surface area (Å²) in [4.78, 5) is 32.0. The van der Waals surface area contributed by atoms with Gasteiger partial charge >= 0.3 is 5.97 Å². The molecule has 0 aliphatic carbocycles. The molecule has 0 spiro atoms. The van der Waals surface area contributed by atoms with Crippen LogP contribution in [0, 0.1) is 11.7 Å². The average molecular weight is 395 g/mol. The number of fused-ring (bicyclic) bond motifs is 1. The lowest BCUT2D eigenvalue weighted by Crippen LogP contribution is -2.53. The van der Waals surface area contributed by atoms with Gasteiger partial charge in [0.25, 0.3) is 0 Å². The first kappa shape index (κ1) is 19.1. The van der Waals surface area contributed by atoms with E-state index in [-0.39, 0.29) is 6.61 Å². The number of hydrogen-bond acceptors (Lipinski definition) is 5. The normalized spacial score (nSPS) is 21.1. The van der Waals surface area contributed by atoms with Crippen LogP contribution in [0.2, 0.25) is 0 Å². The SMILES string of the molecule is CCOC(=O)[C@@H]1C(=O)NC(N2CCc3ccccc3C2)=N[C@H]1c1cccc(F)c1. The van der Waals surface area contributed by atoms with Crippen LogP contribution in [0.15, 0.2) is 53.5 Å². The molecular formula is C22H22FN3O3. The van der Waals surface area contributed by atoms with Crippen molar-refractivity contribution in [2.24, 2.45) is 10.9 Å². The van der Waals surface area contributed by atoms with Gasteiger partial charge < -0.3 is 9.64 Å². The molecule has 0 fully saturated rings. The van der Waals surface area contributed by atoms with E-state index >= 15 is 0 Å². The lowest BCUT2D eigenvalue weighted by atomic mass is 9.91. The topological polar surface area (TPSA) is 71.0 Å². The standard InChI is InChI=1S/C22H22FN3O3/c1-2-29-21(28)18-19(15-8-5-9-17(23)12-15)24-22(25-20(18)27)26-11-10-14-6-3-4-7-16(14)13-26/h3-9,12,18-19H,2,10-11,13H2,1H3,(H,24,25,27)/t18-,19-/m0/s1. The first-order valence-corrected chi connectivity index (χ1v) is 9.69. The molecule has 0 saturated heterocycles. The summed E-state index contributed by atoms with van der Waals surface area (Å²) in [6, 6.07) is 13.1. The van der Waals surface area contributed by atoms with Crippen LogP contribution in [-0.4, -0.2) is 35.9 Å². The average Bonchev–Trinajstić information content (AvgIpc) is 2.73. The van der Waals surface area contributed by atoms with Gasteiger partial charge in [0.15, 0.2) is 5.92 Å². The van der Waals surface area contributed by atoms with Crippen LogP contribution in [-0.2, 0) is 27.3 Å². The predicted molar refractivity (Wildman–Crippen MR) is 105 cm³/mol. The van der Waals surface area contributed by atoms with E-state index in [1.54, 1.807) is 19.1 Å². The predicted octanol–water partition coefficient (Wildman–Crippen LogP) is 2.59. The van der Waals surface area contributed by atoms with Crippen LogP contribution in [0.1, 0.15) is 29.7 Å². The van der Waals surface area contributed by atoms with Crippen molar-refractivity contribution in [1.82, 2.24) is 10.2 Å². The Balaban J connectivity index is 1.69. The Bertz CT molecular complexity index is 975. The minimum atomic E-state index is -1.16. The van der Waals surface area contributed by atoms with Crippen LogP contribution in [0.4, 0.5) is 4.39 Å². The van der Waals surface area contributed by atoms with Crippen molar-refractivity contribution in [2.45, 2.75) is 25.9 Å². The third kappa shape index (κ3) is 3.85. The Labute approximate surface area is 168 Å². The van der Waals surface area contributed by atoms with Gasteiger partial charge in [-0.25, -0.2) is 9.38 Å². The summed E-state index contributed by atoms with van der Waals surface area (Å²) in [5.41, 5.74) is 2.91. The maximum Gasteiger partial charge on any atom is 0.321 e. The lowest BCUT2D eigenvalue weighted by Gasteiger charge is -2.36. The molecule has 7 heteroatoms. The monoisotopic (exact) mass is 395 g/mol. The minimum absolute atomic E-state index is 0.151. The second-order valence-corrected chi connectivity index (χ2v) is 7.11. The number of ether oxygens (including phenoxy) is 1. The summed E-state index contributed by atoms with van der Waals surface area (Å²) in [5.74, 6) is -2.34. The van der Waals surface area contributed by atoms with E-state index in [9.17, 15) is 14.0 Å². The van der Waals surface area contributed by atoms with Crippen molar-refractivity contribution >= 4 is 17.8 Å². The van der Waals surface area contributed by atoms with E-state index in [1.165, 1.54) is 23.3 Å². The molecule has 0 unspecified atom stereocenters. The Morgan fingerprint density at radius 2 is 2.03 bits per heavy atom. The maximum atomic E-state index is 13.8. The van der Waals surface area contributed by atoms with Crippen LogP contribution >= 0.6 is 0 Å². The molecule has 0 radical (unpaired) electrons. The smallest absolute Gasteiger partial charge is 0.321 e. The Kier molecular flexibility index (Phi) is 5.29. The number of aliphatic imine (C=N–C) groups is 1. The number of carbonyl (C=O) groups is 2. The number of nitrogens with one attached hydrogen (secondary N) is 1. The van der Waals surface area contributed by atoms with Gasteiger partial charge in [-0.05, 0) is 42.2 Å². The Hall–Kier alpha value is -3.22. The van der Waals surface area contributed by atoms with Crippen molar-refractivity contribution in [2.75, 3.05) is 13.2 Å². The number of halogens is 1. The molecule has 1 amide bonds. The third-order valence-electron chi connectivity index (χ3n) is 5.26. The van der Waals surface area contributed by atoms with Gasteiger partial charge in [0, 0.05) is 13.1 Å². The highest BCUT2D eigenvalue weighted by atomic mass is 19.1. The molecule has 4 rings (SSSR count). The van der Waals surface area contributed by atoms with Crippen LogP contribution in [0.3, 0.4) is 0 Å². The highest BCUT2D eigenvalue weighted by molar-refractivity contribution is 6.08. The number of benzene rings is 2. The summed E-state index contributed by atoms with van der Waals surface area (Å²) < 4.78 is 18.9. The number of esters is 1. The molecule has 6 nitrogen and oxygen atoms in total. The fraction of sp³-hybridized carbons (Fsp3) is 0.318. The van der Waals surface area contributed by atoms with Gasteiger partial charge in [-0.1, -0.05) is 36.4 Å². The number of rotatable bonds is 3.